The molecule has 0 N–H and O–H groups in total. The highest BCUT2D eigenvalue weighted by Gasteiger charge is 2.31. The highest BCUT2D eigenvalue weighted by molar-refractivity contribution is 5.79. The molecular formula is C21H24F3N5O2. The van der Waals surface area contributed by atoms with Gasteiger partial charge in [-0.15, -0.1) is 5.10 Å². The maximum atomic E-state index is 12.9. The smallest absolute Gasteiger partial charge is 0.378 e. The summed E-state index contributed by atoms with van der Waals surface area (Å²) in [5.74, 6) is 0.584. The fourth-order valence-corrected chi connectivity index (χ4v) is 3.82. The number of carbonyl (C=O) groups is 1. The third-order valence-electron chi connectivity index (χ3n) is 5.57. The van der Waals surface area contributed by atoms with Crippen LogP contribution < -0.4 is 9.80 Å². The van der Waals surface area contributed by atoms with Gasteiger partial charge in [0.25, 0.3) is 0 Å². The van der Waals surface area contributed by atoms with Gasteiger partial charge < -0.3 is 19.4 Å². The molecule has 2 aromatic rings. The number of ether oxygens (including phenoxy) is 1. The van der Waals surface area contributed by atoms with Crippen LogP contribution in [-0.4, -0.2) is 73.5 Å². The number of alkyl halides is 3. The summed E-state index contributed by atoms with van der Waals surface area (Å²) >= 11 is 0. The number of hydrogen-bond acceptors (Lipinski definition) is 6. The molecule has 10 heteroatoms. The first-order valence-corrected chi connectivity index (χ1v) is 10.2. The minimum atomic E-state index is -4.42. The van der Waals surface area contributed by atoms with E-state index >= 15 is 0 Å². The Balaban J connectivity index is 1.34. The molecule has 0 aliphatic carbocycles. The summed E-state index contributed by atoms with van der Waals surface area (Å²) in [6.07, 6.45) is -2.72. The van der Waals surface area contributed by atoms with E-state index in [0.29, 0.717) is 45.0 Å². The predicted octanol–water partition coefficient (Wildman–Crippen LogP) is 2.22. The number of nitrogens with zero attached hydrogens (tertiary/aromatic N) is 5. The lowest BCUT2D eigenvalue weighted by Gasteiger charge is -2.36. The molecule has 0 spiro atoms. The first kappa shape index (κ1) is 21.4. The van der Waals surface area contributed by atoms with Gasteiger partial charge in [0, 0.05) is 45.3 Å². The molecule has 2 aliphatic heterocycles. The van der Waals surface area contributed by atoms with Crippen LogP contribution in [0, 0.1) is 0 Å². The maximum absolute atomic E-state index is 12.9. The van der Waals surface area contributed by atoms with Gasteiger partial charge in [0.1, 0.15) is 0 Å². The van der Waals surface area contributed by atoms with Crippen LogP contribution in [0.4, 0.5) is 24.7 Å². The number of amides is 1. The van der Waals surface area contributed by atoms with Gasteiger partial charge in [-0.05, 0) is 11.6 Å². The number of hydrogen-bond donors (Lipinski definition) is 0. The van der Waals surface area contributed by atoms with Gasteiger partial charge in [0.2, 0.25) is 5.91 Å². The molecule has 2 aliphatic rings. The Morgan fingerprint density at radius 3 is 2.45 bits per heavy atom. The van der Waals surface area contributed by atoms with Crippen molar-refractivity contribution < 1.29 is 22.7 Å². The van der Waals surface area contributed by atoms with Gasteiger partial charge in [-0.1, -0.05) is 18.2 Å². The number of rotatable bonds is 4. The molecule has 4 rings (SSSR count). The Morgan fingerprint density at radius 1 is 1.00 bits per heavy atom. The highest BCUT2D eigenvalue weighted by Crippen LogP contribution is 2.29. The molecule has 0 bridgehead atoms. The molecule has 1 aromatic carbocycles. The van der Waals surface area contributed by atoms with Crippen molar-refractivity contribution >= 4 is 17.4 Å². The quantitative estimate of drug-likeness (QED) is 0.734. The molecular weight excluding hydrogens is 411 g/mol. The molecule has 0 radical (unpaired) electrons. The van der Waals surface area contributed by atoms with Crippen LogP contribution >= 0.6 is 0 Å². The molecule has 3 heterocycles. The van der Waals surface area contributed by atoms with Crippen LogP contribution in [0.2, 0.25) is 0 Å². The molecule has 31 heavy (non-hydrogen) atoms. The van der Waals surface area contributed by atoms with Crippen molar-refractivity contribution in [3.8, 4) is 0 Å². The lowest BCUT2D eigenvalue weighted by molar-refractivity contribution is -0.138. The fourth-order valence-electron chi connectivity index (χ4n) is 3.82. The van der Waals surface area contributed by atoms with Crippen molar-refractivity contribution in [2.24, 2.45) is 0 Å². The zero-order valence-corrected chi connectivity index (χ0v) is 17.0. The molecule has 2 saturated heterocycles. The summed E-state index contributed by atoms with van der Waals surface area (Å²) in [4.78, 5) is 18.6. The lowest BCUT2D eigenvalue weighted by atomic mass is 10.1. The summed E-state index contributed by atoms with van der Waals surface area (Å²) in [6.45, 7) is 5.15. The summed E-state index contributed by atoms with van der Waals surface area (Å²) < 4.78 is 44.1. The Bertz CT molecular complexity index is 910. The number of benzene rings is 1. The van der Waals surface area contributed by atoms with Gasteiger partial charge >= 0.3 is 6.18 Å². The van der Waals surface area contributed by atoms with E-state index in [0.717, 1.165) is 36.7 Å². The van der Waals surface area contributed by atoms with Gasteiger partial charge in [0.15, 0.2) is 5.82 Å². The van der Waals surface area contributed by atoms with Gasteiger partial charge in [0.05, 0.1) is 37.1 Å². The van der Waals surface area contributed by atoms with E-state index in [9.17, 15) is 18.0 Å². The average molecular weight is 435 g/mol. The monoisotopic (exact) mass is 435 g/mol. The summed E-state index contributed by atoms with van der Waals surface area (Å²) in [5.41, 5.74) is 0.629. The van der Waals surface area contributed by atoms with E-state index in [4.69, 9.17) is 4.74 Å². The van der Waals surface area contributed by atoms with E-state index in [1.807, 2.05) is 6.07 Å². The number of halogens is 3. The summed E-state index contributed by atoms with van der Waals surface area (Å²) in [6, 6.07) is 6.94. The first-order valence-electron chi connectivity index (χ1n) is 10.2. The molecule has 166 valence electrons. The third kappa shape index (κ3) is 5.25. The lowest BCUT2D eigenvalue weighted by Crippen LogP contribution is -2.49. The van der Waals surface area contributed by atoms with Crippen LogP contribution in [0.15, 0.2) is 36.5 Å². The molecule has 1 aromatic heterocycles. The standard InChI is InChI=1S/C21H24F3N5O2/c22-21(23,24)17-3-1-2-16(12-17)13-20(30)29-6-4-28(5-7-29)19-14-18(15-25-26-19)27-8-10-31-11-9-27/h1-3,12,14-15H,4-11,13H2. The highest BCUT2D eigenvalue weighted by atomic mass is 19.4. The Morgan fingerprint density at radius 2 is 1.74 bits per heavy atom. The predicted molar refractivity (Wildman–Crippen MR) is 109 cm³/mol. The minimum Gasteiger partial charge on any atom is -0.378 e. The van der Waals surface area contributed by atoms with E-state index in [2.05, 4.69) is 20.0 Å². The van der Waals surface area contributed by atoms with Crippen molar-refractivity contribution in [2.75, 3.05) is 62.3 Å². The SMILES string of the molecule is O=C(Cc1cccc(C(F)(F)F)c1)N1CCN(c2cc(N3CCOCC3)cnn2)CC1. The number of carbonyl (C=O) groups excluding carboxylic acids is 1. The number of anilines is 2. The van der Waals surface area contributed by atoms with Crippen molar-refractivity contribution in [1.29, 1.82) is 0 Å². The van der Waals surface area contributed by atoms with Crippen molar-refractivity contribution in [2.45, 2.75) is 12.6 Å². The second-order valence-corrected chi connectivity index (χ2v) is 7.61. The van der Waals surface area contributed by atoms with Crippen LogP contribution in [0.25, 0.3) is 0 Å². The normalized spacial score (nSPS) is 17.7. The zero-order chi connectivity index (χ0) is 21.8. The summed E-state index contributed by atoms with van der Waals surface area (Å²) in [5, 5.41) is 8.36. The van der Waals surface area contributed by atoms with Gasteiger partial charge in [-0.25, -0.2) is 0 Å². The Labute approximate surface area is 178 Å². The Kier molecular flexibility index (Phi) is 6.26. The topological polar surface area (TPSA) is 61.8 Å². The van der Waals surface area contributed by atoms with E-state index in [1.165, 1.54) is 6.07 Å². The fraction of sp³-hybridized carbons (Fsp3) is 0.476. The maximum Gasteiger partial charge on any atom is 0.416 e. The van der Waals surface area contributed by atoms with Crippen LogP contribution in [-0.2, 0) is 22.1 Å². The van der Waals surface area contributed by atoms with Crippen molar-refractivity contribution in [3.05, 3.63) is 47.7 Å². The second-order valence-electron chi connectivity index (χ2n) is 7.61. The number of piperazine rings is 1. The third-order valence-corrected chi connectivity index (χ3v) is 5.57. The van der Waals surface area contributed by atoms with Crippen LogP contribution in [0.5, 0.6) is 0 Å². The average Bonchev–Trinajstić information content (AvgIpc) is 2.79. The number of aromatic nitrogens is 2. The summed E-state index contributed by atoms with van der Waals surface area (Å²) in [7, 11) is 0. The van der Waals surface area contributed by atoms with Crippen LogP contribution in [0.3, 0.4) is 0 Å². The van der Waals surface area contributed by atoms with Gasteiger partial charge in [-0.2, -0.15) is 18.3 Å². The van der Waals surface area contributed by atoms with E-state index in [-0.39, 0.29) is 12.3 Å². The van der Waals surface area contributed by atoms with Crippen molar-refractivity contribution in [1.82, 2.24) is 15.1 Å². The van der Waals surface area contributed by atoms with E-state index in [1.54, 1.807) is 17.2 Å². The largest absolute Gasteiger partial charge is 0.416 e. The van der Waals surface area contributed by atoms with Crippen LogP contribution in [0.1, 0.15) is 11.1 Å². The first-order chi connectivity index (χ1) is 14.9. The molecule has 2 fully saturated rings. The zero-order valence-electron chi connectivity index (χ0n) is 17.0. The minimum absolute atomic E-state index is 0.0454. The van der Waals surface area contributed by atoms with Crippen molar-refractivity contribution in [3.63, 3.8) is 0 Å². The molecule has 0 atom stereocenters. The second kappa shape index (κ2) is 9.09. The molecule has 7 nitrogen and oxygen atoms in total. The molecule has 0 saturated carbocycles. The van der Waals surface area contributed by atoms with Gasteiger partial charge in [-0.3, -0.25) is 4.79 Å². The number of morpholine rings is 1. The molecule has 1 amide bonds. The Hall–Kier alpha value is -2.88. The van der Waals surface area contributed by atoms with E-state index < -0.39 is 11.7 Å². The molecule has 0 unspecified atom stereocenters.